The van der Waals surface area contributed by atoms with Gasteiger partial charge in [0, 0.05) is 13.1 Å². The second-order valence-corrected chi connectivity index (χ2v) is 5.18. The molecule has 0 atom stereocenters. The van der Waals surface area contributed by atoms with Crippen LogP contribution in [-0.2, 0) is 0 Å². The highest BCUT2D eigenvalue weighted by Crippen LogP contribution is 2.29. The van der Waals surface area contributed by atoms with Crippen molar-refractivity contribution in [2.45, 2.75) is 38.9 Å². The Morgan fingerprint density at radius 3 is 2.53 bits per heavy atom. The summed E-state index contributed by atoms with van der Waals surface area (Å²) in [5.74, 6) is 0.827. The first kappa shape index (κ1) is 13.9. The number of piperidine rings is 1. The molecule has 1 fully saturated rings. The topological polar surface area (TPSA) is 73.5 Å². The molecule has 19 heavy (non-hydrogen) atoms. The van der Waals surface area contributed by atoms with Crippen molar-refractivity contribution in [3.8, 4) is 11.8 Å². The predicted molar refractivity (Wildman–Crippen MR) is 73.4 cm³/mol. The van der Waals surface area contributed by atoms with E-state index in [0.717, 1.165) is 25.9 Å². The molecule has 1 aromatic heterocycles. The summed E-state index contributed by atoms with van der Waals surface area (Å²) in [7, 11) is 2.11. The zero-order valence-electron chi connectivity index (χ0n) is 11.8. The van der Waals surface area contributed by atoms with Crippen molar-refractivity contribution >= 4 is 5.69 Å². The molecule has 0 unspecified atom stereocenters. The van der Waals surface area contributed by atoms with Crippen LogP contribution in [0.3, 0.4) is 0 Å². The van der Waals surface area contributed by atoms with Crippen molar-refractivity contribution in [2.75, 3.05) is 25.9 Å². The van der Waals surface area contributed by atoms with Gasteiger partial charge in [0.1, 0.15) is 12.4 Å². The molecule has 0 aromatic carbocycles. The van der Waals surface area contributed by atoms with Gasteiger partial charge < -0.3 is 20.1 Å². The van der Waals surface area contributed by atoms with E-state index in [0.29, 0.717) is 17.4 Å². The maximum atomic E-state index is 5.99. The number of nitrogens with two attached hydrogens (primary N) is 1. The number of anilines is 1. The van der Waals surface area contributed by atoms with Gasteiger partial charge in [-0.1, -0.05) is 0 Å². The number of likely N-dealkylation sites (tertiary alicyclic amines) is 1. The standard InChI is InChI=1S/C13H22N4O2/c1-9(2)18-12-11(14)13(16-8-15-12)19-10-4-6-17(3)7-5-10/h8-10H,4-7,14H2,1-3H3. The van der Waals surface area contributed by atoms with E-state index in [4.69, 9.17) is 15.2 Å². The normalized spacial score (nSPS) is 17.7. The van der Waals surface area contributed by atoms with Gasteiger partial charge in [-0.25, -0.2) is 0 Å². The lowest BCUT2D eigenvalue weighted by molar-refractivity contribution is 0.110. The second kappa shape index (κ2) is 6.06. The third kappa shape index (κ3) is 3.70. The minimum absolute atomic E-state index is 0.0216. The maximum absolute atomic E-state index is 5.99. The van der Waals surface area contributed by atoms with Crippen molar-refractivity contribution in [3.63, 3.8) is 0 Å². The van der Waals surface area contributed by atoms with E-state index in [1.165, 1.54) is 6.33 Å². The SMILES string of the molecule is CC(C)Oc1ncnc(OC2CCN(C)CC2)c1N. The lowest BCUT2D eigenvalue weighted by Crippen LogP contribution is -2.35. The number of rotatable bonds is 4. The van der Waals surface area contributed by atoms with Crippen LogP contribution in [0.2, 0.25) is 0 Å². The third-order valence-electron chi connectivity index (χ3n) is 3.10. The van der Waals surface area contributed by atoms with E-state index < -0.39 is 0 Å². The van der Waals surface area contributed by atoms with Crippen LogP contribution in [-0.4, -0.2) is 47.2 Å². The highest BCUT2D eigenvalue weighted by molar-refractivity contribution is 5.55. The van der Waals surface area contributed by atoms with Crippen LogP contribution in [0, 0.1) is 0 Å². The number of ether oxygens (including phenoxy) is 2. The highest BCUT2D eigenvalue weighted by Gasteiger charge is 2.21. The van der Waals surface area contributed by atoms with Crippen LogP contribution < -0.4 is 15.2 Å². The summed E-state index contributed by atoms with van der Waals surface area (Å²) in [5.41, 5.74) is 6.38. The molecule has 0 bridgehead atoms. The molecular weight excluding hydrogens is 244 g/mol. The lowest BCUT2D eigenvalue weighted by Gasteiger charge is -2.29. The lowest BCUT2D eigenvalue weighted by atomic mass is 10.1. The third-order valence-corrected chi connectivity index (χ3v) is 3.10. The van der Waals surface area contributed by atoms with E-state index in [2.05, 4.69) is 21.9 Å². The molecule has 6 heteroatoms. The van der Waals surface area contributed by atoms with Crippen LogP contribution in [0.4, 0.5) is 5.69 Å². The van der Waals surface area contributed by atoms with Crippen molar-refractivity contribution in [1.82, 2.24) is 14.9 Å². The molecule has 1 aliphatic heterocycles. The van der Waals surface area contributed by atoms with Crippen molar-refractivity contribution < 1.29 is 9.47 Å². The largest absolute Gasteiger partial charge is 0.473 e. The van der Waals surface area contributed by atoms with Crippen LogP contribution >= 0.6 is 0 Å². The molecule has 2 rings (SSSR count). The zero-order chi connectivity index (χ0) is 13.8. The summed E-state index contributed by atoms with van der Waals surface area (Å²) in [6.45, 7) is 5.92. The van der Waals surface area contributed by atoms with E-state index in [9.17, 15) is 0 Å². The number of nitrogen functional groups attached to an aromatic ring is 1. The summed E-state index contributed by atoms with van der Waals surface area (Å²) in [5, 5.41) is 0. The van der Waals surface area contributed by atoms with Gasteiger partial charge >= 0.3 is 0 Å². The Hall–Kier alpha value is -1.56. The number of hydrogen-bond donors (Lipinski definition) is 1. The first-order valence-corrected chi connectivity index (χ1v) is 6.68. The fourth-order valence-corrected chi connectivity index (χ4v) is 2.04. The first-order valence-electron chi connectivity index (χ1n) is 6.68. The minimum Gasteiger partial charge on any atom is -0.473 e. The maximum Gasteiger partial charge on any atom is 0.244 e. The fraction of sp³-hybridized carbons (Fsp3) is 0.692. The monoisotopic (exact) mass is 266 g/mol. The minimum atomic E-state index is 0.0216. The molecule has 2 heterocycles. The van der Waals surface area contributed by atoms with Gasteiger partial charge in [0.05, 0.1) is 6.10 Å². The van der Waals surface area contributed by atoms with Gasteiger partial charge in [0.25, 0.3) is 0 Å². The molecule has 0 saturated carbocycles. The number of hydrogen-bond acceptors (Lipinski definition) is 6. The summed E-state index contributed by atoms with van der Waals surface area (Å²) in [6, 6.07) is 0. The summed E-state index contributed by atoms with van der Waals surface area (Å²) >= 11 is 0. The Kier molecular flexibility index (Phi) is 4.42. The Morgan fingerprint density at radius 2 is 1.89 bits per heavy atom. The summed E-state index contributed by atoms with van der Waals surface area (Å²) in [6.07, 6.45) is 3.59. The molecule has 0 amide bonds. The predicted octanol–water partition coefficient (Wildman–Crippen LogP) is 1.32. The van der Waals surface area contributed by atoms with Gasteiger partial charge in [-0.15, -0.1) is 0 Å². The Labute approximate surface area is 113 Å². The molecule has 106 valence electrons. The van der Waals surface area contributed by atoms with Gasteiger partial charge in [-0.2, -0.15) is 9.97 Å². The summed E-state index contributed by atoms with van der Waals surface area (Å²) < 4.78 is 11.4. The van der Waals surface area contributed by atoms with Gasteiger partial charge in [-0.3, -0.25) is 0 Å². The second-order valence-electron chi connectivity index (χ2n) is 5.18. The van der Waals surface area contributed by atoms with E-state index in [1.807, 2.05) is 13.8 Å². The highest BCUT2D eigenvalue weighted by atomic mass is 16.5. The quantitative estimate of drug-likeness (QED) is 0.886. The van der Waals surface area contributed by atoms with E-state index in [-0.39, 0.29) is 12.2 Å². The molecule has 6 nitrogen and oxygen atoms in total. The number of aromatic nitrogens is 2. The van der Waals surface area contributed by atoms with Gasteiger partial charge in [0.2, 0.25) is 11.8 Å². The molecule has 1 saturated heterocycles. The van der Waals surface area contributed by atoms with Gasteiger partial charge in [-0.05, 0) is 33.7 Å². The zero-order valence-corrected chi connectivity index (χ0v) is 11.8. The van der Waals surface area contributed by atoms with Crippen molar-refractivity contribution in [1.29, 1.82) is 0 Å². The molecule has 1 aliphatic rings. The average molecular weight is 266 g/mol. The molecule has 0 radical (unpaired) electrons. The van der Waals surface area contributed by atoms with E-state index in [1.54, 1.807) is 0 Å². The Bertz CT molecular complexity index is 417. The first-order chi connectivity index (χ1) is 9.06. The molecule has 2 N–H and O–H groups in total. The van der Waals surface area contributed by atoms with Crippen molar-refractivity contribution in [2.24, 2.45) is 0 Å². The van der Waals surface area contributed by atoms with Crippen LogP contribution in [0.5, 0.6) is 11.8 Å². The van der Waals surface area contributed by atoms with Gasteiger partial charge in [0.15, 0.2) is 5.69 Å². The van der Waals surface area contributed by atoms with Crippen LogP contribution in [0.1, 0.15) is 26.7 Å². The van der Waals surface area contributed by atoms with Crippen LogP contribution in [0.25, 0.3) is 0 Å². The van der Waals surface area contributed by atoms with Crippen molar-refractivity contribution in [3.05, 3.63) is 6.33 Å². The average Bonchev–Trinajstić information content (AvgIpc) is 2.36. The number of nitrogens with zero attached hydrogens (tertiary/aromatic N) is 3. The van der Waals surface area contributed by atoms with E-state index >= 15 is 0 Å². The fourth-order valence-electron chi connectivity index (χ4n) is 2.04. The molecule has 1 aromatic rings. The Morgan fingerprint density at radius 1 is 1.26 bits per heavy atom. The smallest absolute Gasteiger partial charge is 0.244 e. The summed E-state index contributed by atoms with van der Waals surface area (Å²) in [4.78, 5) is 10.4. The molecular formula is C13H22N4O2. The molecule has 0 aliphatic carbocycles. The Balaban J connectivity index is 2.04. The molecule has 0 spiro atoms. The van der Waals surface area contributed by atoms with Crippen LogP contribution in [0.15, 0.2) is 6.33 Å².